The van der Waals surface area contributed by atoms with E-state index < -0.39 is 0 Å². The average molecular weight is 250 g/mol. The molecule has 0 aliphatic carbocycles. The summed E-state index contributed by atoms with van der Waals surface area (Å²) in [6, 6.07) is 2.97. The molecule has 1 aromatic rings. The number of hydrogen-bond acceptors (Lipinski definition) is 3. The highest BCUT2D eigenvalue weighted by Gasteiger charge is 2.24. The van der Waals surface area contributed by atoms with Gasteiger partial charge in [-0.15, -0.1) is 0 Å². The maximum atomic E-state index is 12.3. The van der Waals surface area contributed by atoms with Crippen molar-refractivity contribution in [2.24, 2.45) is 13.0 Å². The van der Waals surface area contributed by atoms with Gasteiger partial charge in [0.1, 0.15) is 0 Å². The quantitative estimate of drug-likeness (QED) is 0.817. The molecule has 2 heterocycles. The molecule has 0 saturated carbocycles. The topological polar surface area (TPSA) is 62.5 Å². The Bertz CT molecular complexity index is 495. The number of nitrogens with zero attached hydrogens (tertiary/aromatic N) is 2. The van der Waals surface area contributed by atoms with Gasteiger partial charge in [-0.3, -0.25) is 9.59 Å². The molecule has 2 rings (SSSR count). The lowest BCUT2D eigenvalue weighted by molar-refractivity contribution is 0.0620. The summed E-state index contributed by atoms with van der Waals surface area (Å²) < 4.78 is 1.40. The molecule has 1 atom stereocenters. The Morgan fingerprint density at radius 1 is 1.50 bits per heavy atom. The first-order valence-corrected chi connectivity index (χ1v) is 6.18. The molecular weight excluding hydrogens is 232 g/mol. The van der Waals surface area contributed by atoms with Crippen molar-refractivity contribution in [1.29, 1.82) is 0 Å². The summed E-state index contributed by atoms with van der Waals surface area (Å²) in [5.74, 6) is 0.110. The van der Waals surface area contributed by atoms with Crippen LogP contribution >= 0.6 is 0 Å². The van der Waals surface area contributed by atoms with Gasteiger partial charge in [-0.2, -0.15) is 0 Å². The van der Waals surface area contributed by atoms with E-state index in [1.165, 1.54) is 10.6 Å². The summed E-state index contributed by atoms with van der Waals surface area (Å²) >= 11 is 0. The number of amides is 1. The van der Waals surface area contributed by atoms with Crippen LogP contribution in [0, 0.1) is 5.92 Å². The Hall–Kier alpha value is -1.62. The molecule has 5 nitrogen and oxygen atoms in total. The van der Waals surface area contributed by atoms with Gasteiger partial charge in [0.25, 0.3) is 5.91 Å². The van der Waals surface area contributed by atoms with E-state index in [4.69, 9.17) is 5.11 Å². The third-order valence-corrected chi connectivity index (χ3v) is 3.40. The highest BCUT2D eigenvalue weighted by molar-refractivity contribution is 5.93. The Balaban J connectivity index is 2.15. The standard InChI is InChI=1S/C13H18N2O3/c1-14-8-11(4-5-12(14)17)13(18)15-6-2-3-10(7-15)9-16/h4-5,8,10,16H,2-3,6-7,9H2,1H3. The third-order valence-electron chi connectivity index (χ3n) is 3.40. The summed E-state index contributed by atoms with van der Waals surface area (Å²) in [6.07, 6.45) is 3.45. The largest absolute Gasteiger partial charge is 0.396 e. The number of aliphatic hydroxyl groups excluding tert-OH is 1. The second-order valence-corrected chi connectivity index (χ2v) is 4.81. The molecule has 1 N–H and O–H groups in total. The number of likely N-dealkylation sites (tertiary alicyclic amines) is 1. The van der Waals surface area contributed by atoms with Gasteiger partial charge >= 0.3 is 0 Å². The van der Waals surface area contributed by atoms with Crippen LogP contribution < -0.4 is 5.56 Å². The van der Waals surface area contributed by atoms with Crippen molar-refractivity contribution in [2.45, 2.75) is 12.8 Å². The Labute approximate surface area is 106 Å². The minimum atomic E-state index is -0.126. The maximum Gasteiger partial charge on any atom is 0.255 e. The van der Waals surface area contributed by atoms with Crippen LogP contribution in [0.3, 0.4) is 0 Å². The van der Waals surface area contributed by atoms with Gasteiger partial charge < -0.3 is 14.6 Å². The fourth-order valence-corrected chi connectivity index (χ4v) is 2.30. The predicted molar refractivity (Wildman–Crippen MR) is 67.4 cm³/mol. The van der Waals surface area contributed by atoms with Crippen LogP contribution in [-0.2, 0) is 7.05 Å². The van der Waals surface area contributed by atoms with Gasteiger partial charge in [-0.1, -0.05) is 0 Å². The first-order valence-electron chi connectivity index (χ1n) is 6.18. The molecule has 0 bridgehead atoms. The molecule has 1 amide bonds. The highest BCUT2D eigenvalue weighted by atomic mass is 16.3. The SMILES string of the molecule is Cn1cc(C(=O)N2CCCC(CO)C2)ccc1=O. The first kappa shape index (κ1) is 12.8. The van der Waals surface area contributed by atoms with Crippen molar-refractivity contribution >= 4 is 5.91 Å². The van der Waals surface area contributed by atoms with Crippen molar-refractivity contribution in [3.05, 3.63) is 34.2 Å². The van der Waals surface area contributed by atoms with Gasteiger partial charge in [0.2, 0.25) is 5.56 Å². The molecule has 1 aliphatic heterocycles. The van der Waals surface area contributed by atoms with Gasteiger partial charge in [0, 0.05) is 39.0 Å². The molecule has 5 heteroatoms. The van der Waals surface area contributed by atoms with E-state index in [2.05, 4.69) is 0 Å². The molecule has 1 unspecified atom stereocenters. The van der Waals surface area contributed by atoms with E-state index in [1.54, 1.807) is 24.2 Å². The fourth-order valence-electron chi connectivity index (χ4n) is 2.30. The Morgan fingerprint density at radius 2 is 2.28 bits per heavy atom. The average Bonchev–Trinajstić information content (AvgIpc) is 2.41. The molecule has 0 aromatic carbocycles. The second-order valence-electron chi connectivity index (χ2n) is 4.81. The molecular formula is C13H18N2O3. The summed E-state index contributed by atoms with van der Waals surface area (Å²) in [5.41, 5.74) is 0.397. The molecule has 0 radical (unpaired) electrons. The van der Waals surface area contributed by atoms with Crippen LogP contribution in [0.25, 0.3) is 0 Å². The van der Waals surface area contributed by atoms with Crippen LogP contribution in [0.1, 0.15) is 23.2 Å². The Kier molecular flexibility index (Phi) is 3.81. The minimum Gasteiger partial charge on any atom is -0.396 e. The van der Waals surface area contributed by atoms with Crippen LogP contribution in [0.5, 0.6) is 0 Å². The van der Waals surface area contributed by atoms with E-state index in [1.807, 2.05) is 0 Å². The third kappa shape index (κ3) is 2.61. The van der Waals surface area contributed by atoms with E-state index in [0.29, 0.717) is 12.1 Å². The van der Waals surface area contributed by atoms with Crippen LogP contribution in [-0.4, -0.2) is 40.2 Å². The van der Waals surface area contributed by atoms with Gasteiger partial charge in [-0.25, -0.2) is 0 Å². The second kappa shape index (κ2) is 5.35. The number of rotatable bonds is 2. The number of aryl methyl sites for hydroxylation is 1. The fraction of sp³-hybridized carbons (Fsp3) is 0.538. The van der Waals surface area contributed by atoms with Crippen molar-refractivity contribution in [3.63, 3.8) is 0 Å². The number of pyridine rings is 1. The zero-order chi connectivity index (χ0) is 13.1. The summed E-state index contributed by atoms with van der Waals surface area (Å²) in [6.45, 7) is 1.44. The van der Waals surface area contributed by atoms with E-state index in [-0.39, 0.29) is 24.0 Å². The molecule has 1 saturated heterocycles. The number of aliphatic hydroxyl groups is 1. The zero-order valence-corrected chi connectivity index (χ0v) is 10.5. The number of carbonyl (C=O) groups excluding carboxylic acids is 1. The minimum absolute atomic E-state index is 0.0660. The van der Waals surface area contributed by atoms with Gasteiger partial charge in [0.05, 0.1) is 5.56 Å². The summed E-state index contributed by atoms with van der Waals surface area (Å²) in [7, 11) is 1.63. The van der Waals surface area contributed by atoms with Crippen molar-refractivity contribution in [2.75, 3.05) is 19.7 Å². The van der Waals surface area contributed by atoms with Gasteiger partial charge in [0.15, 0.2) is 0 Å². The zero-order valence-electron chi connectivity index (χ0n) is 10.5. The monoisotopic (exact) mass is 250 g/mol. The normalized spacial score (nSPS) is 19.9. The lowest BCUT2D eigenvalue weighted by Crippen LogP contribution is -2.41. The van der Waals surface area contributed by atoms with Crippen molar-refractivity contribution in [3.8, 4) is 0 Å². The number of hydrogen-bond donors (Lipinski definition) is 1. The summed E-state index contributed by atoms with van der Waals surface area (Å²) in [4.78, 5) is 25.3. The number of aromatic nitrogens is 1. The molecule has 1 aromatic heterocycles. The molecule has 1 fully saturated rings. The lowest BCUT2D eigenvalue weighted by atomic mass is 9.98. The molecule has 18 heavy (non-hydrogen) atoms. The highest BCUT2D eigenvalue weighted by Crippen LogP contribution is 2.17. The van der Waals surface area contributed by atoms with E-state index >= 15 is 0 Å². The predicted octanol–water partition coefficient (Wildman–Crippen LogP) is 0.230. The number of piperidine rings is 1. The van der Waals surface area contributed by atoms with E-state index in [0.717, 1.165) is 19.4 Å². The first-order chi connectivity index (χ1) is 8.61. The molecule has 0 spiro atoms. The lowest BCUT2D eigenvalue weighted by Gasteiger charge is -2.31. The van der Waals surface area contributed by atoms with Crippen molar-refractivity contribution in [1.82, 2.24) is 9.47 Å². The van der Waals surface area contributed by atoms with Crippen LogP contribution in [0.4, 0.5) is 0 Å². The number of carbonyl (C=O) groups is 1. The van der Waals surface area contributed by atoms with Crippen molar-refractivity contribution < 1.29 is 9.90 Å². The van der Waals surface area contributed by atoms with Crippen LogP contribution in [0.2, 0.25) is 0 Å². The molecule has 1 aliphatic rings. The van der Waals surface area contributed by atoms with Gasteiger partial charge in [-0.05, 0) is 24.8 Å². The molecule has 98 valence electrons. The maximum absolute atomic E-state index is 12.3. The van der Waals surface area contributed by atoms with Crippen LogP contribution in [0.15, 0.2) is 23.1 Å². The summed E-state index contributed by atoms with van der Waals surface area (Å²) in [5, 5.41) is 9.16. The van der Waals surface area contributed by atoms with E-state index in [9.17, 15) is 9.59 Å². The Morgan fingerprint density at radius 3 is 2.94 bits per heavy atom. The smallest absolute Gasteiger partial charge is 0.255 e.